The van der Waals surface area contributed by atoms with Crippen LogP contribution in [0.2, 0.25) is 0 Å². The maximum Gasteiger partial charge on any atom is 0.139 e. The molecule has 3 aromatic heterocycles. The fourth-order valence-electron chi connectivity index (χ4n) is 5.70. The summed E-state index contributed by atoms with van der Waals surface area (Å²) in [6.07, 6.45) is 12.9. The van der Waals surface area contributed by atoms with E-state index in [-0.39, 0.29) is 17.9 Å². The Morgan fingerprint density at radius 2 is 1.76 bits per heavy atom. The zero-order chi connectivity index (χ0) is 25.6. The van der Waals surface area contributed by atoms with E-state index in [4.69, 9.17) is 4.98 Å². The molecule has 6 nitrogen and oxygen atoms in total. The second-order valence-corrected chi connectivity index (χ2v) is 11.6. The first kappa shape index (κ1) is 25.9. The molecular formula is C29H35FN4O2S. The number of aryl methyl sites for hydroxylation is 1. The number of rotatable bonds is 9. The van der Waals surface area contributed by atoms with Gasteiger partial charge in [0.2, 0.25) is 0 Å². The molecule has 0 aliphatic heterocycles. The number of nitrogens with one attached hydrogen (secondary N) is 1. The smallest absolute Gasteiger partial charge is 0.139 e. The van der Waals surface area contributed by atoms with Gasteiger partial charge in [-0.1, -0.05) is 6.07 Å². The molecule has 37 heavy (non-hydrogen) atoms. The van der Waals surface area contributed by atoms with Gasteiger partial charge in [0.05, 0.1) is 21.7 Å². The summed E-state index contributed by atoms with van der Waals surface area (Å²) in [7, 11) is 0. The molecule has 8 heteroatoms. The average molecular weight is 523 g/mol. The molecule has 0 radical (unpaired) electrons. The molecule has 3 heterocycles. The molecule has 196 valence electrons. The van der Waals surface area contributed by atoms with E-state index in [2.05, 4.69) is 15.3 Å². The summed E-state index contributed by atoms with van der Waals surface area (Å²) in [5.74, 6) is 2.75. The van der Waals surface area contributed by atoms with E-state index in [1.165, 1.54) is 0 Å². The van der Waals surface area contributed by atoms with E-state index < -0.39 is 6.67 Å². The molecule has 0 spiro atoms. The molecule has 0 aromatic carbocycles. The third kappa shape index (κ3) is 6.79. The Bertz CT molecular complexity index is 1190. The van der Waals surface area contributed by atoms with Crippen LogP contribution in [-0.2, 0) is 17.9 Å². The predicted octanol–water partition coefficient (Wildman–Crippen LogP) is 6.67. The van der Waals surface area contributed by atoms with Crippen molar-refractivity contribution in [1.82, 2.24) is 15.0 Å². The van der Waals surface area contributed by atoms with E-state index in [1.54, 1.807) is 29.7 Å². The number of nitrogens with zero attached hydrogens (tertiary/aromatic N) is 3. The Balaban J connectivity index is 1.11. The van der Waals surface area contributed by atoms with Crippen LogP contribution in [0.1, 0.15) is 68.4 Å². The predicted molar refractivity (Wildman–Crippen MR) is 144 cm³/mol. The van der Waals surface area contributed by atoms with Crippen molar-refractivity contribution < 1.29 is 14.3 Å². The largest absolute Gasteiger partial charge is 0.393 e. The van der Waals surface area contributed by atoms with Gasteiger partial charge in [-0.15, -0.1) is 11.3 Å². The van der Waals surface area contributed by atoms with Crippen molar-refractivity contribution in [3.63, 3.8) is 0 Å². The van der Waals surface area contributed by atoms with Gasteiger partial charge in [0.15, 0.2) is 0 Å². The van der Waals surface area contributed by atoms with Crippen molar-refractivity contribution in [3.05, 3.63) is 53.3 Å². The van der Waals surface area contributed by atoms with Crippen LogP contribution in [0, 0.1) is 17.8 Å². The van der Waals surface area contributed by atoms with E-state index in [9.17, 15) is 14.3 Å². The van der Waals surface area contributed by atoms with Gasteiger partial charge >= 0.3 is 0 Å². The Kier molecular flexibility index (Phi) is 8.56. The minimum atomic E-state index is -0.528. The van der Waals surface area contributed by atoms with Gasteiger partial charge in [0.25, 0.3) is 0 Å². The van der Waals surface area contributed by atoms with E-state index in [0.717, 1.165) is 79.8 Å². The van der Waals surface area contributed by atoms with Crippen LogP contribution in [0.3, 0.4) is 0 Å². The van der Waals surface area contributed by atoms with Crippen LogP contribution in [-0.4, -0.2) is 31.9 Å². The highest BCUT2D eigenvalue weighted by Gasteiger charge is 2.32. The number of alkyl halides is 1. The van der Waals surface area contributed by atoms with Crippen LogP contribution < -0.4 is 5.32 Å². The average Bonchev–Trinajstić information content (AvgIpc) is 3.42. The highest BCUT2D eigenvalue weighted by Crippen LogP contribution is 2.37. The second kappa shape index (κ2) is 12.2. The number of pyridine rings is 2. The third-order valence-electron chi connectivity index (χ3n) is 7.90. The minimum absolute atomic E-state index is 0.178. The fraction of sp³-hybridized carbons (Fsp3) is 0.517. The molecule has 2 aliphatic carbocycles. The van der Waals surface area contributed by atoms with Crippen molar-refractivity contribution >= 4 is 28.8 Å². The van der Waals surface area contributed by atoms with E-state index in [0.29, 0.717) is 28.9 Å². The lowest BCUT2D eigenvalue weighted by Gasteiger charge is -2.32. The molecular weight excluding hydrogens is 487 g/mol. The third-order valence-corrected chi connectivity index (χ3v) is 8.98. The van der Waals surface area contributed by atoms with Crippen molar-refractivity contribution in [2.24, 2.45) is 17.8 Å². The molecule has 2 N–H and O–H groups in total. The lowest BCUT2D eigenvalue weighted by atomic mass is 9.73. The quantitative estimate of drug-likeness (QED) is 0.326. The number of aliphatic hydroxyl groups is 1. The Hall–Kier alpha value is -2.71. The van der Waals surface area contributed by atoms with Gasteiger partial charge < -0.3 is 10.4 Å². The first-order chi connectivity index (χ1) is 18.1. The highest BCUT2D eigenvalue weighted by molar-refractivity contribution is 7.15. The molecule has 2 aliphatic rings. The van der Waals surface area contributed by atoms with E-state index >= 15 is 0 Å². The maximum absolute atomic E-state index is 12.9. The first-order valence-corrected chi connectivity index (χ1v) is 14.3. The van der Waals surface area contributed by atoms with E-state index in [1.807, 2.05) is 24.4 Å². The lowest BCUT2D eigenvalue weighted by Crippen LogP contribution is -2.31. The number of thiazole rings is 1. The summed E-state index contributed by atoms with van der Waals surface area (Å²) in [4.78, 5) is 27.5. The number of carbonyl (C=O) groups is 1. The number of hydrogen-bond donors (Lipinski definition) is 2. The number of anilines is 2. The summed E-state index contributed by atoms with van der Waals surface area (Å²) < 4.78 is 12.9. The second-order valence-electron chi connectivity index (χ2n) is 10.5. The number of halogens is 1. The fourth-order valence-corrected chi connectivity index (χ4v) is 6.60. The van der Waals surface area contributed by atoms with Crippen molar-refractivity contribution in [2.45, 2.75) is 77.0 Å². The Morgan fingerprint density at radius 3 is 2.51 bits per heavy atom. The van der Waals surface area contributed by atoms with Crippen LogP contribution >= 0.6 is 11.3 Å². The Labute approximate surface area is 221 Å². The number of aliphatic hydroxyl groups excluding tert-OH is 1. The van der Waals surface area contributed by atoms with Crippen molar-refractivity contribution in [2.75, 3.05) is 5.32 Å². The molecule has 0 amide bonds. The molecule has 0 unspecified atom stereocenters. The number of ketones is 1. The summed E-state index contributed by atoms with van der Waals surface area (Å²) in [5.41, 5.74) is 1.43. The summed E-state index contributed by atoms with van der Waals surface area (Å²) in [6.45, 7) is -0.528. The van der Waals surface area contributed by atoms with Crippen LogP contribution in [0.15, 0.2) is 42.7 Å². The molecule has 0 saturated heterocycles. The Morgan fingerprint density at radius 1 is 1.00 bits per heavy atom. The zero-order valence-electron chi connectivity index (χ0n) is 21.1. The standard InChI is InChI=1S/C29H35FN4O2S/c30-17-20-14-15-31-27(16-20)34-26-3-1-2-24(33-26)25-18-32-28(37-25)13-6-19-4-7-21(8-5-19)29(36)22-9-11-23(35)12-10-22/h1-3,14-16,18-19,21-23,35H,4-13,17H2,(H,31,33,34). The van der Waals surface area contributed by atoms with Crippen molar-refractivity contribution in [1.29, 1.82) is 0 Å². The van der Waals surface area contributed by atoms with Crippen molar-refractivity contribution in [3.8, 4) is 10.6 Å². The normalized spacial score (nSPS) is 24.1. The van der Waals surface area contributed by atoms with Gasteiger partial charge in [-0.25, -0.2) is 19.3 Å². The summed E-state index contributed by atoms with van der Waals surface area (Å²) >= 11 is 1.68. The summed E-state index contributed by atoms with van der Waals surface area (Å²) in [6, 6.07) is 9.12. The molecule has 3 aromatic rings. The number of hydrogen-bond acceptors (Lipinski definition) is 7. The monoisotopic (exact) mass is 522 g/mol. The number of aromatic nitrogens is 3. The molecule has 2 saturated carbocycles. The zero-order valence-corrected chi connectivity index (χ0v) is 21.9. The van der Waals surface area contributed by atoms with Gasteiger partial charge in [0, 0.05) is 24.2 Å². The van der Waals surface area contributed by atoms with Crippen LogP contribution in [0.5, 0.6) is 0 Å². The van der Waals surface area contributed by atoms with Crippen LogP contribution in [0.25, 0.3) is 10.6 Å². The van der Waals surface area contributed by atoms with Gasteiger partial charge in [-0.3, -0.25) is 4.79 Å². The van der Waals surface area contributed by atoms with Crippen LogP contribution in [0.4, 0.5) is 16.0 Å². The van der Waals surface area contributed by atoms with Gasteiger partial charge in [-0.05, 0) is 100.0 Å². The highest BCUT2D eigenvalue weighted by atomic mass is 32.1. The number of carbonyl (C=O) groups excluding carboxylic acids is 1. The van der Waals surface area contributed by atoms with Gasteiger partial charge in [0.1, 0.15) is 24.1 Å². The molecule has 5 rings (SSSR count). The lowest BCUT2D eigenvalue weighted by molar-refractivity contribution is -0.129. The topological polar surface area (TPSA) is 88.0 Å². The molecule has 2 fully saturated rings. The minimum Gasteiger partial charge on any atom is -0.393 e. The SMILES string of the molecule is O=C(C1CCC(O)CC1)C1CCC(CCc2ncc(-c3cccc(Nc4cc(CF)ccn4)n3)s2)CC1. The number of Topliss-reactive ketones (excluding diaryl/α,β-unsaturated/α-hetero) is 1. The summed E-state index contributed by atoms with van der Waals surface area (Å²) in [5, 5.41) is 14.0. The molecule has 0 bridgehead atoms. The maximum atomic E-state index is 12.9. The van der Waals surface area contributed by atoms with Gasteiger partial charge in [-0.2, -0.15) is 0 Å². The molecule has 0 atom stereocenters. The first-order valence-electron chi connectivity index (χ1n) is 13.5.